The first-order valence-corrected chi connectivity index (χ1v) is 11.1. The zero-order chi connectivity index (χ0) is 23.0. The van der Waals surface area contributed by atoms with Gasteiger partial charge in [0.25, 0.3) is 0 Å². The van der Waals surface area contributed by atoms with Crippen LogP contribution in [0.1, 0.15) is 32.5 Å². The van der Waals surface area contributed by atoms with Crippen molar-refractivity contribution in [3.63, 3.8) is 0 Å². The summed E-state index contributed by atoms with van der Waals surface area (Å²) in [5.41, 5.74) is 0. The molecule has 3 unspecified atom stereocenters. The van der Waals surface area contributed by atoms with Crippen LogP contribution in [0.3, 0.4) is 0 Å². The topological polar surface area (TPSA) is 155 Å². The van der Waals surface area contributed by atoms with Gasteiger partial charge in [-0.3, -0.25) is 4.79 Å². The Labute approximate surface area is 186 Å². The number of hydrogen-bond donors (Lipinski definition) is 5. The minimum absolute atomic E-state index is 0.0605. The summed E-state index contributed by atoms with van der Waals surface area (Å²) in [6, 6.07) is 0.225. The average Bonchev–Trinajstić information content (AvgIpc) is 2.75. The molecule has 0 radical (unpaired) electrons. The van der Waals surface area contributed by atoms with Crippen molar-refractivity contribution in [2.45, 2.75) is 87.8 Å². The Balaban J connectivity index is 1.56. The van der Waals surface area contributed by atoms with E-state index in [1.54, 1.807) is 32.4 Å². The van der Waals surface area contributed by atoms with E-state index in [2.05, 4.69) is 20.6 Å². The molecule has 178 valence electrons. The maximum absolute atomic E-state index is 12.7. The van der Waals surface area contributed by atoms with Crippen LogP contribution in [0.2, 0.25) is 0 Å². The fraction of sp³-hybridized carbons (Fsp3) is 0.762. The molecule has 1 aromatic heterocycles. The van der Waals surface area contributed by atoms with Gasteiger partial charge in [0, 0.05) is 18.3 Å². The molecular formula is C21H32N4O7. The highest BCUT2D eigenvalue weighted by Gasteiger charge is 2.63. The largest absolute Gasteiger partial charge is 0.391 e. The lowest BCUT2D eigenvalue weighted by atomic mass is 9.74. The smallest absolute Gasteiger partial charge is 0.239 e. The molecule has 10 atom stereocenters. The van der Waals surface area contributed by atoms with Gasteiger partial charge in [-0.15, -0.1) is 0 Å². The Kier molecular flexibility index (Phi) is 6.78. The molecule has 0 bridgehead atoms. The number of carbonyl (C=O) groups excluding carboxylic acids is 1. The number of hydrogen-bond acceptors (Lipinski definition) is 10. The molecular weight excluding hydrogens is 420 g/mol. The van der Waals surface area contributed by atoms with Crippen LogP contribution in [0.5, 0.6) is 0 Å². The third-order valence-electron chi connectivity index (χ3n) is 6.70. The number of fused-ring (bicyclic) bond motifs is 2. The van der Waals surface area contributed by atoms with E-state index in [1.165, 1.54) is 0 Å². The van der Waals surface area contributed by atoms with E-state index in [1.807, 2.05) is 6.92 Å². The highest BCUT2D eigenvalue weighted by Crippen LogP contribution is 2.43. The molecule has 0 aromatic carbocycles. The summed E-state index contributed by atoms with van der Waals surface area (Å²) in [5, 5.41) is 39.0. The lowest BCUT2D eigenvalue weighted by Gasteiger charge is -2.58. The molecule has 0 spiro atoms. The van der Waals surface area contributed by atoms with Crippen molar-refractivity contribution >= 4 is 5.91 Å². The van der Waals surface area contributed by atoms with Gasteiger partial charge in [-0.1, -0.05) is 6.92 Å². The minimum Gasteiger partial charge on any atom is -0.391 e. The van der Waals surface area contributed by atoms with Gasteiger partial charge in [0.1, 0.15) is 18.0 Å². The van der Waals surface area contributed by atoms with Crippen LogP contribution in [-0.4, -0.2) is 92.9 Å². The molecule has 1 amide bonds. The Morgan fingerprint density at radius 3 is 2.59 bits per heavy atom. The van der Waals surface area contributed by atoms with Crippen molar-refractivity contribution in [3.8, 4) is 0 Å². The van der Waals surface area contributed by atoms with E-state index in [4.69, 9.17) is 14.2 Å². The summed E-state index contributed by atoms with van der Waals surface area (Å²) >= 11 is 0. The van der Waals surface area contributed by atoms with Crippen LogP contribution in [0, 0.1) is 5.92 Å². The van der Waals surface area contributed by atoms with Crippen molar-refractivity contribution in [1.29, 1.82) is 0 Å². The summed E-state index contributed by atoms with van der Waals surface area (Å²) < 4.78 is 18.0. The predicted octanol–water partition coefficient (Wildman–Crippen LogP) is -1.54. The van der Waals surface area contributed by atoms with E-state index in [9.17, 15) is 20.1 Å². The van der Waals surface area contributed by atoms with Crippen molar-refractivity contribution in [1.82, 2.24) is 20.6 Å². The Hall–Kier alpha value is -1.73. The van der Waals surface area contributed by atoms with Gasteiger partial charge in [0.15, 0.2) is 0 Å². The fourth-order valence-electron chi connectivity index (χ4n) is 5.05. The molecule has 11 heteroatoms. The molecule has 5 N–H and O–H groups in total. The summed E-state index contributed by atoms with van der Waals surface area (Å²) in [7, 11) is 1.67. The molecule has 1 aliphatic carbocycles. The van der Waals surface area contributed by atoms with Gasteiger partial charge in [-0.2, -0.15) is 0 Å². The van der Waals surface area contributed by atoms with E-state index >= 15 is 0 Å². The number of nitrogens with zero attached hydrogens (tertiary/aromatic N) is 2. The fourth-order valence-corrected chi connectivity index (χ4v) is 5.05. The third kappa shape index (κ3) is 4.14. The Bertz CT molecular complexity index is 802. The number of aliphatic hydroxyl groups is 3. The summed E-state index contributed by atoms with van der Waals surface area (Å²) in [6.07, 6.45) is -1.28. The van der Waals surface area contributed by atoms with Gasteiger partial charge in [-0.25, -0.2) is 9.97 Å². The second-order valence-corrected chi connectivity index (χ2v) is 8.78. The maximum atomic E-state index is 12.7. The number of aromatic nitrogens is 2. The Morgan fingerprint density at radius 2 is 1.94 bits per heavy atom. The third-order valence-corrected chi connectivity index (χ3v) is 6.70. The van der Waals surface area contributed by atoms with E-state index in [-0.39, 0.29) is 24.9 Å². The molecule has 1 aromatic rings. The van der Waals surface area contributed by atoms with E-state index in [0.29, 0.717) is 12.2 Å². The van der Waals surface area contributed by atoms with Crippen LogP contribution >= 0.6 is 0 Å². The lowest BCUT2D eigenvalue weighted by molar-refractivity contribution is -0.450. The van der Waals surface area contributed by atoms with Crippen molar-refractivity contribution < 1.29 is 34.3 Å². The quantitative estimate of drug-likeness (QED) is 0.355. The molecule has 1 saturated carbocycles. The van der Waals surface area contributed by atoms with E-state index in [0.717, 1.165) is 0 Å². The SMILES string of the molecule is CC[C@@H]1[C@H](O)[C@H](NC)C2O[C@]3(O)C(OC2[C@@H]1O)O[C@H](C)C[C@H]3NC(=O)Cc1ncccn1. The van der Waals surface area contributed by atoms with Gasteiger partial charge in [-0.05, 0) is 32.9 Å². The number of ether oxygens (including phenoxy) is 3. The second-order valence-electron chi connectivity index (χ2n) is 8.78. The van der Waals surface area contributed by atoms with Crippen molar-refractivity contribution in [3.05, 3.63) is 24.3 Å². The molecule has 32 heavy (non-hydrogen) atoms. The first kappa shape index (κ1) is 23.4. The summed E-state index contributed by atoms with van der Waals surface area (Å²) in [6.45, 7) is 3.69. The first-order chi connectivity index (χ1) is 15.3. The van der Waals surface area contributed by atoms with Crippen LogP contribution in [0.25, 0.3) is 0 Å². The van der Waals surface area contributed by atoms with E-state index < -0.39 is 54.5 Å². The monoisotopic (exact) mass is 452 g/mol. The maximum Gasteiger partial charge on any atom is 0.239 e. The normalized spacial score (nSPS) is 43.8. The van der Waals surface area contributed by atoms with Crippen molar-refractivity contribution in [2.24, 2.45) is 5.92 Å². The number of carbonyl (C=O) groups is 1. The molecule has 4 rings (SSSR count). The van der Waals surface area contributed by atoms with Crippen LogP contribution in [0.4, 0.5) is 0 Å². The van der Waals surface area contributed by atoms with Gasteiger partial charge < -0.3 is 40.2 Å². The predicted molar refractivity (Wildman–Crippen MR) is 110 cm³/mol. The molecule has 3 fully saturated rings. The number of likely N-dealkylation sites (N-methyl/N-ethyl adjacent to an activating group) is 1. The zero-order valence-corrected chi connectivity index (χ0v) is 18.4. The minimum atomic E-state index is -2.01. The standard InChI is InChI=1S/C21H32N4O7/c1-4-11-16(27)15(22-3)18-19(17(11)28)31-20-21(29,32-18)12(8-10(2)30-20)25-14(26)9-13-23-6-5-7-24-13/h5-7,10-12,15-20,22,27-29H,4,8-9H2,1-3H3,(H,25,26)/t10-,11-,12-,15+,16+,17-,18?,19?,20?,21+/m1/s1. The molecule has 3 aliphatic rings. The molecule has 3 heterocycles. The van der Waals surface area contributed by atoms with Gasteiger partial charge >= 0.3 is 0 Å². The van der Waals surface area contributed by atoms with Gasteiger partial charge in [0.05, 0.1) is 36.8 Å². The number of aliphatic hydroxyl groups excluding tert-OH is 2. The first-order valence-electron chi connectivity index (χ1n) is 11.1. The lowest BCUT2D eigenvalue weighted by Crippen LogP contribution is -2.77. The number of nitrogens with one attached hydrogen (secondary N) is 2. The van der Waals surface area contributed by atoms with Crippen LogP contribution in [-0.2, 0) is 25.4 Å². The van der Waals surface area contributed by atoms with Gasteiger partial charge in [0.2, 0.25) is 18.0 Å². The van der Waals surface area contributed by atoms with Crippen LogP contribution < -0.4 is 10.6 Å². The summed E-state index contributed by atoms with van der Waals surface area (Å²) in [5.74, 6) is -2.46. The highest BCUT2D eigenvalue weighted by molar-refractivity contribution is 5.78. The highest BCUT2D eigenvalue weighted by atomic mass is 16.8. The molecule has 11 nitrogen and oxygen atoms in total. The van der Waals surface area contributed by atoms with Crippen LogP contribution in [0.15, 0.2) is 18.5 Å². The Morgan fingerprint density at radius 1 is 1.22 bits per heavy atom. The molecule has 2 saturated heterocycles. The zero-order valence-electron chi connectivity index (χ0n) is 18.4. The molecule has 2 aliphatic heterocycles. The average molecular weight is 453 g/mol. The number of amides is 1. The number of rotatable bonds is 5. The second kappa shape index (κ2) is 9.26. The van der Waals surface area contributed by atoms with Crippen molar-refractivity contribution in [2.75, 3.05) is 7.05 Å². The summed E-state index contributed by atoms with van der Waals surface area (Å²) in [4.78, 5) is 20.8.